The monoisotopic (exact) mass is 206 g/mol. The number of hydrogen-bond acceptors (Lipinski definition) is 3. The van der Waals surface area contributed by atoms with Crippen molar-refractivity contribution < 1.29 is 4.79 Å². The number of hydrogen-bond donors (Lipinski definition) is 0. The number of carbonyl (C=O) groups is 1. The van der Waals surface area contributed by atoms with E-state index < -0.39 is 0 Å². The van der Waals surface area contributed by atoms with Crippen LogP contribution < -0.4 is 4.90 Å². The predicted octanol–water partition coefficient (Wildman–Crippen LogP) is 2.38. The van der Waals surface area contributed by atoms with Crippen molar-refractivity contribution >= 4 is 11.6 Å². The molecule has 1 aromatic heterocycles. The lowest BCUT2D eigenvalue weighted by Crippen LogP contribution is -2.23. The summed E-state index contributed by atoms with van der Waals surface area (Å²) < 4.78 is 0. The molecule has 0 N–H and O–H groups in total. The van der Waals surface area contributed by atoms with E-state index in [1.165, 1.54) is 0 Å². The van der Waals surface area contributed by atoms with Crippen LogP contribution in [0.4, 0.5) is 5.82 Å². The second kappa shape index (κ2) is 4.91. The Morgan fingerprint density at radius 3 is 2.53 bits per heavy atom. The van der Waals surface area contributed by atoms with Gasteiger partial charge in [0.25, 0.3) is 0 Å². The highest BCUT2D eigenvalue weighted by Crippen LogP contribution is 2.11. The third-order valence-corrected chi connectivity index (χ3v) is 2.18. The summed E-state index contributed by atoms with van der Waals surface area (Å²) in [5.74, 6) is 1.57. The molecule has 15 heavy (non-hydrogen) atoms. The second-order valence-corrected chi connectivity index (χ2v) is 4.24. The fraction of sp³-hybridized carbons (Fsp3) is 0.500. The lowest BCUT2D eigenvalue weighted by molar-refractivity contribution is 0.101. The smallest absolute Gasteiger partial charge is 0.161 e. The molecule has 0 amide bonds. The molecular formula is C12H18N2O. The number of pyridine rings is 1. The fourth-order valence-electron chi connectivity index (χ4n) is 1.46. The minimum absolute atomic E-state index is 0.0561. The van der Waals surface area contributed by atoms with Gasteiger partial charge in [0.05, 0.1) is 0 Å². The SMILES string of the molecule is CC(=O)c1ccc(N(C)CC(C)C)nc1. The van der Waals surface area contributed by atoms with Crippen LogP contribution in [-0.2, 0) is 0 Å². The van der Waals surface area contributed by atoms with Gasteiger partial charge < -0.3 is 4.90 Å². The van der Waals surface area contributed by atoms with Gasteiger partial charge in [0.2, 0.25) is 0 Å². The average Bonchev–Trinajstić information content (AvgIpc) is 2.17. The molecule has 0 saturated heterocycles. The van der Waals surface area contributed by atoms with E-state index in [1.54, 1.807) is 13.1 Å². The standard InChI is InChI=1S/C12H18N2O/c1-9(2)8-14(4)12-6-5-11(7-13-12)10(3)15/h5-7,9H,8H2,1-4H3. The number of anilines is 1. The van der Waals surface area contributed by atoms with E-state index in [1.807, 2.05) is 19.2 Å². The van der Waals surface area contributed by atoms with Crippen molar-refractivity contribution in [3.05, 3.63) is 23.9 Å². The van der Waals surface area contributed by atoms with Crippen molar-refractivity contribution in [2.75, 3.05) is 18.5 Å². The van der Waals surface area contributed by atoms with E-state index in [0.717, 1.165) is 12.4 Å². The Morgan fingerprint density at radius 1 is 1.47 bits per heavy atom. The Bertz CT molecular complexity index is 330. The Kier molecular flexibility index (Phi) is 3.83. The van der Waals surface area contributed by atoms with Crippen LogP contribution in [0.25, 0.3) is 0 Å². The van der Waals surface area contributed by atoms with Crippen LogP contribution in [0.5, 0.6) is 0 Å². The maximum absolute atomic E-state index is 11.1. The maximum atomic E-state index is 11.1. The van der Waals surface area contributed by atoms with Crippen molar-refractivity contribution in [2.24, 2.45) is 5.92 Å². The van der Waals surface area contributed by atoms with E-state index in [0.29, 0.717) is 11.5 Å². The van der Waals surface area contributed by atoms with Gasteiger partial charge in [-0.05, 0) is 25.0 Å². The number of Topliss-reactive ketones (excluding diaryl/α,β-unsaturated/α-hetero) is 1. The molecule has 82 valence electrons. The second-order valence-electron chi connectivity index (χ2n) is 4.24. The normalized spacial score (nSPS) is 10.5. The zero-order chi connectivity index (χ0) is 11.4. The van der Waals surface area contributed by atoms with Gasteiger partial charge in [-0.15, -0.1) is 0 Å². The Hall–Kier alpha value is -1.38. The molecule has 0 unspecified atom stereocenters. The van der Waals surface area contributed by atoms with Gasteiger partial charge in [0.1, 0.15) is 5.82 Å². The molecule has 0 radical (unpaired) electrons. The summed E-state index contributed by atoms with van der Waals surface area (Å²) in [4.78, 5) is 17.4. The summed E-state index contributed by atoms with van der Waals surface area (Å²) in [5.41, 5.74) is 0.664. The molecule has 0 saturated carbocycles. The van der Waals surface area contributed by atoms with Crippen LogP contribution in [0.2, 0.25) is 0 Å². The summed E-state index contributed by atoms with van der Waals surface area (Å²) in [6.45, 7) is 6.85. The zero-order valence-electron chi connectivity index (χ0n) is 9.82. The molecule has 1 heterocycles. The Labute approximate surface area is 91.1 Å². The van der Waals surface area contributed by atoms with E-state index in [9.17, 15) is 4.79 Å². The van der Waals surface area contributed by atoms with Crippen molar-refractivity contribution in [3.8, 4) is 0 Å². The molecule has 1 aromatic rings. The summed E-state index contributed by atoms with van der Waals surface area (Å²) in [7, 11) is 2.01. The molecule has 1 rings (SSSR count). The van der Waals surface area contributed by atoms with E-state index in [-0.39, 0.29) is 5.78 Å². The van der Waals surface area contributed by atoms with Gasteiger partial charge in [-0.3, -0.25) is 4.79 Å². The maximum Gasteiger partial charge on any atom is 0.161 e. The lowest BCUT2D eigenvalue weighted by Gasteiger charge is -2.20. The summed E-state index contributed by atoms with van der Waals surface area (Å²) in [5, 5.41) is 0. The molecule has 0 spiro atoms. The molecule has 0 aliphatic rings. The molecule has 0 aliphatic carbocycles. The minimum Gasteiger partial charge on any atom is -0.359 e. The number of ketones is 1. The van der Waals surface area contributed by atoms with Crippen molar-refractivity contribution in [1.29, 1.82) is 0 Å². The van der Waals surface area contributed by atoms with E-state index >= 15 is 0 Å². The summed E-state index contributed by atoms with van der Waals surface area (Å²) in [6.07, 6.45) is 1.63. The number of rotatable bonds is 4. The average molecular weight is 206 g/mol. The first-order chi connectivity index (χ1) is 7.00. The van der Waals surface area contributed by atoms with Gasteiger partial charge in [-0.25, -0.2) is 4.98 Å². The lowest BCUT2D eigenvalue weighted by atomic mass is 10.2. The first-order valence-corrected chi connectivity index (χ1v) is 5.19. The van der Waals surface area contributed by atoms with Crippen LogP contribution in [0.3, 0.4) is 0 Å². The Morgan fingerprint density at radius 2 is 2.13 bits per heavy atom. The predicted molar refractivity (Wildman–Crippen MR) is 62.3 cm³/mol. The van der Waals surface area contributed by atoms with Crippen LogP contribution in [0.15, 0.2) is 18.3 Å². The topological polar surface area (TPSA) is 33.2 Å². The first-order valence-electron chi connectivity index (χ1n) is 5.19. The first kappa shape index (κ1) is 11.7. The van der Waals surface area contributed by atoms with Crippen molar-refractivity contribution in [2.45, 2.75) is 20.8 Å². The quantitative estimate of drug-likeness (QED) is 0.709. The van der Waals surface area contributed by atoms with Gasteiger partial charge in [0, 0.05) is 25.4 Å². The van der Waals surface area contributed by atoms with E-state index in [4.69, 9.17) is 0 Å². The van der Waals surface area contributed by atoms with Gasteiger partial charge in [-0.1, -0.05) is 13.8 Å². The Balaban J connectivity index is 2.75. The highest BCUT2D eigenvalue weighted by molar-refractivity contribution is 5.93. The van der Waals surface area contributed by atoms with Gasteiger partial charge >= 0.3 is 0 Å². The van der Waals surface area contributed by atoms with Crippen LogP contribution in [0, 0.1) is 5.92 Å². The molecule has 0 aromatic carbocycles. The van der Waals surface area contributed by atoms with Gasteiger partial charge in [-0.2, -0.15) is 0 Å². The molecule has 3 heteroatoms. The number of nitrogens with zero attached hydrogens (tertiary/aromatic N) is 2. The summed E-state index contributed by atoms with van der Waals surface area (Å²) >= 11 is 0. The van der Waals surface area contributed by atoms with Crippen LogP contribution in [0.1, 0.15) is 31.1 Å². The highest BCUT2D eigenvalue weighted by Gasteiger charge is 2.05. The highest BCUT2D eigenvalue weighted by atomic mass is 16.1. The third kappa shape index (κ3) is 3.35. The van der Waals surface area contributed by atoms with E-state index in [2.05, 4.69) is 23.7 Å². The van der Waals surface area contributed by atoms with Gasteiger partial charge in [0.15, 0.2) is 5.78 Å². The molecule has 0 bridgehead atoms. The fourth-order valence-corrected chi connectivity index (χ4v) is 1.46. The van der Waals surface area contributed by atoms with Crippen molar-refractivity contribution in [1.82, 2.24) is 4.98 Å². The minimum atomic E-state index is 0.0561. The van der Waals surface area contributed by atoms with Crippen LogP contribution >= 0.6 is 0 Å². The number of aromatic nitrogens is 1. The molecule has 3 nitrogen and oxygen atoms in total. The largest absolute Gasteiger partial charge is 0.359 e. The molecule has 0 aliphatic heterocycles. The molecule has 0 fully saturated rings. The number of carbonyl (C=O) groups excluding carboxylic acids is 1. The molecular weight excluding hydrogens is 188 g/mol. The molecule has 0 atom stereocenters. The zero-order valence-corrected chi connectivity index (χ0v) is 9.82. The van der Waals surface area contributed by atoms with Crippen molar-refractivity contribution in [3.63, 3.8) is 0 Å². The summed E-state index contributed by atoms with van der Waals surface area (Å²) in [6, 6.07) is 3.71. The van der Waals surface area contributed by atoms with Crippen LogP contribution in [-0.4, -0.2) is 24.4 Å². The third-order valence-electron chi connectivity index (χ3n) is 2.18.